The fourth-order valence-electron chi connectivity index (χ4n) is 5.54. The molecule has 3 aliphatic rings. The fraction of sp³-hybridized carbons (Fsp3) is 0.750. The van der Waals surface area contributed by atoms with Gasteiger partial charge in [0.15, 0.2) is 0 Å². The van der Waals surface area contributed by atoms with Gasteiger partial charge in [-0.15, -0.1) is 0 Å². The lowest BCUT2D eigenvalue weighted by Crippen LogP contribution is -2.57. The molecule has 0 aromatic heterocycles. The zero-order valence-electron chi connectivity index (χ0n) is 19.2. The Labute approximate surface area is 188 Å². The minimum Gasteiger partial charge on any atom is -0.375 e. The van der Waals surface area contributed by atoms with Crippen LogP contribution in [0.1, 0.15) is 45.1 Å². The van der Waals surface area contributed by atoms with Crippen molar-refractivity contribution in [3.05, 3.63) is 35.9 Å². The molecular formula is C24H39N3O3S. The Morgan fingerprint density at radius 2 is 1.71 bits per heavy atom. The lowest BCUT2D eigenvalue weighted by molar-refractivity contribution is -0.130. The molecule has 31 heavy (non-hydrogen) atoms. The molecule has 0 saturated carbocycles. The third kappa shape index (κ3) is 5.88. The van der Waals surface area contributed by atoms with E-state index in [1.54, 1.807) is 4.31 Å². The van der Waals surface area contributed by atoms with E-state index >= 15 is 0 Å². The van der Waals surface area contributed by atoms with Gasteiger partial charge < -0.3 is 9.64 Å². The van der Waals surface area contributed by atoms with Crippen LogP contribution in [0, 0.1) is 5.92 Å². The smallest absolute Gasteiger partial charge is 0.218 e. The first-order chi connectivity index (χ1) is 14.9. The van der Waals surface area contributed by atoms with Crippen molar-refractivity contribution in [2.45, 2.75) is 56.9 Å². The summed E-state index contributed by atoms with van der Waals surface area (Å²) in [6.45, 7) is 12.3. The molecule has 1 atom stereocenters. The summed E-state index contributed by atoms with van der Waals surface area (Å²) in [6.07, 6.45) is 3.77. The van der Waals surface area contributed by atoms with Crippen LogP contribution in [-0.2, 0) is 20.5 Å². The predicted molar refractivity (Wildman–Crippen MR) is 124 cm³/mol. The molecular weight excluding hydrogens is 410 g/mol. The highest BCUT2D eigenvalue weighted by Crippen LogP contribution is 2.37. The van der Waals surface area contributed by atoms with Gasteiger partial charge in [-0.3, -0.25) is 4.90 Å². The van der Waals surface area contributed by atoms with Gasteiger partial charge >= 0.3 is 0 Å². The summed E-state index contributed by atoms with van der Waals surface area (Å²) in [5.74, 6) is 0.812. The fourth-order valence-corrected chi connectivity index (χ4v) is 7.07. The van der Waals surface area contributed by atoms with E-state index in [0.29, 0.717) is 19.1 Å². The van der Waals surface area contributed by atoms with Crippen LogP contribution in [0.25, 0.3) is 0 Å². The second-order valence-corrected chi connectivity index (χ2v) is 12.0. The van der Waals surface area contributed by atoms with Crippen molar-refractivity contribution in [3.8, 4) is 0 Å². The summed E-state index contributed by atoms with van der Waals surface area (Å²) in [4.78, 5) is 5.26. The molecule has 3 fully saturated rings. The van der Waals surface area contributed by atoms with Crippen molar-refractivity contribution in [1.82, 2.24) is 14.1 Å². The highest BCUT2D eigenvalue weighted by Gasteiger charge is 2.44. The summed E-state index contributed by atoms with van der Waals surface area (Å²) >= 11 is 0. The van der Waals surface area contributed by atoms with Gasteiger partial charge in [0.1, 0.15) is 0 Å². The maximum atomic E-state index is 12.9. The van der Waals surface area contributed by atoms with Crippen LogP contribution in [0.2, 0.25) is 0 Å². The van der Waals surface area contributed by atoms with Gasteiger partial charge in [-0.2, -0.15) is 0 Å². The van der Waals surface area contributed by atoms with Crippen LogP contribution >= 0.6 is 0 Å². The van der Waals surface area contributed by atoms with E-state index in [4.69, 9.17) is 4.74 Å². The highest BCUT2D eigenvalue weighted by molar-refractivity contribution is 7.88. The Kier molecular flexibility index (Phi) is 7.38. The summed E-state index contributed by atoms with van der Waals surface area (Å²) in [5.41, 5.74) is 0.713. The first kappa shape index (κ1) is 23.2. The minimum absolute atomic E-state index is 0.0883. The topological polar surface area (TPSA) is 53.1 Å². The van der Waals surface area contributed by atoms with E-state index in [-0.39, 0.29) is 11.4 Å². The number of benzene rings is 1. The second-order valence-electron chi connectivity index (χ2n) is 10.0. The number of piperidine rings is 1. The van der Waals surface area contributed by atoms with Crippen LogP contribution in [0.15, 0.2) is 30.3 Å². The van der Waals surface area contributed by atoms with E-state index in [2.05, 4.69) is 23.6 Å². The number of sulfonamides is 1. The van der Waals surface area contributed by atoms with E-state index < -0.39 is 10.0 Å². The standard InChI is InChI=1S/C24H39N3O3S/c1-21(2)19-25-13-15-26(16-14-25)23-8-17-30-24(18-23)9-11-27(12-10-24)31(28,29)20-22-6-4-3-5-7-22/h3-7,21,23H,8-20H2,1-2H3/t23-/m0/s1. The number of hydrogen-bond acceptors (Lipinski definition) is 5. The number of nitrogens with zero attached hydrogens (tertiary/aromatic N) is 3. The van der Waals surface area contributed by atoms with Crippen LogP contribution < -0.4 is 0 Å². The molecule has 1 spiro atoms. The molecule has 6 nitrogen and oxygen atoms in total. The average Bonchev–Trinajstić information content (AvgIpc) is 2.75. The van der Waals surface area contributed by atoms with E-state index in [9.17, 15) is 8.42 Å². The number of ether oxygens (including phenoxy) is 1. The molecule has 0 radical (unpaired) electrons. The first-order valence-electron chi connectivity index (χ1n) is 12.0. The lowest BCUT2D eigenvalue weighted by Gasteiger charge is -2.49. The average molecular weight is 450 g/mol. The third-order valence-corrected chi connectivity index (χ3v) is 9.08. The maximum absolute atomic E-state index is 12.9. The summed E-state index contributed by atoms with van der Waals surface area (Å²) in [7, 11) is -3.28. The molecule has 3 aliphatic heterocycles. The van der Waals surface area contributed by atoms with Crippen LogP contribution in [0.4, 0.5) is 0 Å². The van der Waals surface area contributed by atoms with E-state index in [1.807, 2.05) is 30.3 Å². The van der Waals surface area contributed by atoms with Crippen LogP contribution in [-0.4, -0.2) is 86.6 Å². The van der Waals surface area contributed by atoms with Gasteiger partial charge in [0.05, 0.1) is 11.4 Å². The zero-order chi connectivity index (χ0) is 21.9. The van der Waals surface area contributed by atoms with Crippen LogP contribution in [0.5, 0.6) is 0 Å². The second kappa shape index (κ2) is 9.87. The molecule has 1 aromatic rings. The van der Waals surface area contributed by atoms with Crippen molar-refractivity contribution in [1.29, 1.82) is 0 Å². The molecule has 3 heterocycles. The molecule has 174 valence electrons. The summed E-state index contributed by atoms with van der Waals surface area (Å²) < 4.78 is 33.8. The van der Waals surface area contributed by atoms with E-state index in [0.717, 1.165) is 70.0 Å². The normalized spacial score (nSPS) is 26.5. The molecule has 4 rings (SSSR count). The molecule has 0 unspecified atom stereocenters. The maximum Gasteiger partial charge on any atom is 0.218 e. The van der Waals surface area contributed by atoms with Gasteiger partial charge in [-0.25, -0.2) is 12.7 Å². The largest absolute Gasteiger partial charge is 0.375 e. The molecule has 0 aliphatic carbocycles. The molecule has 0 N–H and O–H groups in total. The van der Waals surface area contributed by atoms with Gasteiger partial charge in [0.25, 0.3) is 0 Å². The molecule has 7 heteroatoms. The Balaban J connectivity index is 1.30. The summed E-state index contributed by atoms with van der Waals surface area (Å²) in [5, 5.41) is 0. The highest BCUT2D eigenvalue weighted by atomic mass is 32.2. The van der Waals surface area contributed by atoms with Crippen molar-refractivity contribution < 1.29 is 13.2 Å². The number of rotatable bonds is 6. The molecule has 3 saturated heterocycles. The Morgan fingerprint density at radius 1 is 1.03 bits per heavy atom. The number of hydrogen-bond donors (Lipinski definition) is 0. The first-order valence-corrected chi connectivity index (χ1v) is 13.6. The molecule has 1 aromatic carbocycles. The monoisotopic (exact) mass is 449 g/mol. The minimum atomic E-state index is -3.28. The van der Waals surface area contributed by atoms with Gasteiger partial charge in [-0.05, 0) is 37.2 Å². The molecule has 0 amide bonds. The van der Waals surface area contributed by atoms with Gasteiger partial charge in [-0.1, -0.05) is 44.2 Å². The van der Waals surface area contributed by atoms with Crippen molar-refractivity contribution >= 4 is 10.0 Å². The predicted octanol–water partition coefficient (Wildman–Crippen LogP) is 2.80. The molecule has 0 bridgehead atoms. The Morgan fingerprint density at radius 3 is 2.35 bits per heavy atom. The quantitative estimate of drug-likeness (QED) is 0.669. The zero-order valence-corrected chi connectivity index (χ0v) is 20.0. The van der Waals surface area contributed by atoms with Gasteiger partial charge in [0.2, 0.25) is 10.0 Å². The lowest BCUT2D eigenvalue weighted by atomic mass is 9.82. The third-order valence-electron chi connectivity index (χ3n) is 7.23. The van der Waals surface area contributed by atoms with E-state index in [1.165, 1.54) is 6.54 Å². The number of piperazine rings is 1. The Bertz CT molecular complexity index is 799. The SMILES string of the molecule is CC(C)CN1CCN([C@H]2CCOC3(CCN(S(=O)(=O)Cc4ccccc4)CC3)C2)CC1. The van der Waals surface area contributed by atoms with Crippen molar-refractivity contribution in [3.63, 3.8) is 0 Å². The van der Waals surface area contributed by atoms with Crippen molar-refractivity contribution in [2.75, 3.05) is 52.4 Å². The van der Waals surface area contributed by atoms with Gasteiger partial charge in [0, 0.05) is 58.5 Å². The Hall–Kier alpha value is -0.990. The van der Waals surface area contributed by atoms with Crippen LogP contribution in [0.3, 0.4) is 0 Å². The summed E-state index contributed by atoms with van der Waals surface area (Å²) in [6, 6.07) is 10.1. The van der Waals surface area contributed by atoms with Crippen molar-refractivity contribution in [2.24, 2.45) is 5.92 Å².